The Bertz CT molecular complexity index is 1070. The maximum Gasteiger partial charge on any atom is 0.405 e. The summed E-state index contributed by atoms with van der Waals surface area (Å²) in [5.41, 5.74) is 6.85. The molecular weight excluding hydrogens is 434 g/mol. The van der Waals surface area contributed by atoms with Gasteiger partial charge in [0.15, 0.2) is 5.82 Å². The number of rotatable bonds is 4. The van der Waals surface area contributed by atoms with Crippen molar-refractivity contribution in [3.8, 4) is 0 Å². The predicted octanol–water partition coefficient (Wildman–Crippen LogP) is 3.49. The zero-order valence-electron chi connectivity index (χ0n) is 15.4. The van der Waals surface area contributed by atoms with Gasteiger partial charge in [-0.3, -0.25) is 0 Å². The van der Waals surface area contributed by atoms with Crippen LogP contribution >= 0.6 is 35.1 Å². The number of carbonyl (C=O) groups is 1. The number of carboxylic acid groups (broad SMARTS) is 1. The average Bonchev–Trinajstić information content (AvgIpc) is 3.16. The second-order valence-electron chi connectivity index (χ2n) is 7.00. The van der Waals surface area contributed by atoms with E-state index in [4.69, 9.17) is 22.4 Å². The number of amides is 1. The molecule has 0 spiro atoms. The molecule has 12 heteroatoms. The van der Waals surface area contributed by atoms with E-state index in [1.54, 1.807) is 18.5 Å². The number of nitrogen functional groups attached to an aromatic ring is 1. The first-order chi connectivity index (χ1) is 13.9. The Morgan fingerprint density at radius 1 is 1.31 bits per heavy atom. The summed E-state index contributed by atoms with van der Waals surface area (Å²) in [4.78, 5) is 23.4. The van der Waals surface area contributed by atoms with Gasteiger partial charge in [0.05, 0.1) is 21.6 Å². The van der Waals surface area contributed by atoms with Crippen molar-refractivity contribution in [2.75, 3.05) is 23.7 Å². The van der Waals surface area contributed by atoms with E-state index in [9.17, 15) is 4.79 Å². The highest BCUT2D eigenvalue weighted by atomic mass is 35.5. The van der Waals surface area contributed by atoms with Gasteiger partial charge in [0, 0.05) is 35.9 Å². The SMILES string of the molecule is CC1(NC(=O)O)CCN(c2ncc(Sc3ccnc(N)c3Cl)c3nsnc23)CC1. The number of fused-ring (bicyclic) bond motifs is 1. The largest absolute Gasteiger partial charge is 0.465 e. The number of pyridine rings is 2. The molecule has 0 radical (unpaired) electrons. The first-order valence-electron chi connectivity index (χ1n) is 8.81. The molecule has 9 nitrogen and oxygen atoms in total. The van der Waals surface area contributed by atoms with Crippen molar-refractivity contribution in [3.05, 3.63) is 23.5 Å². The van der Waals surface area contributed by atoms with E-state index in [1.807, 2.05) is 6.92 Å². The lowest BCUT2D eigenvalue weighted by Crippen LogP contribution is -2.53. The van der Waals surface area contributed by atoms with Crippen molar-refractivity contribution in [3.63, 3.8) is 0 Å². The van der Waals surface area contributed by atoms with Gasteiger partial charge in [-0.1, -0.05) is 23.4 Å². The van der Waals surface area contributed by atoms with E-state index in [0.29, 0.717) is 31.0 Å². The van der Waals surface area contributed by atoms with Crippen LogP contribution in [0.2, 0.25) is 5.02 Å². The minimum Gasteiger partial charge on any atom is -0.465 e. The van der Waals surface area contributed by atoms with Crippen LogP contribution < -0.4 is 16.0 Å². The highest BCUT2D eigenvalue weighted by Gasteiger charge is 2.33. The molecule has 4 heterocycles. The Labute approximate surface area is 180 Å². The third kappa shape index (κ3) is 4.02. The van der Waals surface area contributed by atoms with Crippen LogP contribution in [0, 0.1) is 0 Å². The summed E-state index contributed by atoms with van der Waals surface area (Å²) in [5, 5.41) is 12.1. The monoisotopic (exact) mass is 451 g/mol. The molecule has 152 valence electrons. The molecule has 0 unspecified atom stereocenters. The quantitative estimate of drug-likeness (QED) is 0.545. The zero-order chi connectivity index (χ0) is 20.6. The van der Waals surface area contributed by atoms with E-state index in [2.05, 4.69) is 28.9 Å². The number of piperidine rings is 1. The summed E-state index contributed by atoms with van der Waals surface area (Å²) >= 11 is 8.82. The van der Waals surface area contributed by atoms with Gasteiger partial charge in [0.25, 0.3) is 0 Å². The lowest BCUT2D eigenvalue weighted by molar-refractivity contribution is 0.173. The summed E-state index contributed by atoms with van der Waals surface area (Å²) in [6, 6.07) is 1.80. The minimum atomic E-state index is -0.998. The van der Waals surface area contributed by atoms with Crippen molar-refractivity contribution in [1.82, 2.24) is 24.0 Å². The van der Waals surface area contributed by atoms with Gasteiger partial charge in [-0.15, -0.1) is 0 Å². The maximum absolute atomic E-state index is 11.0. The number of hydrogen-bond acceptors (Lipinski definition) is 9. The van der Waals surface area contributed by atoms with E-state index in [0.717, 1.165) is 38.4 Å². The normalized spacial score (nSPS) is 16.1. The predicted molar refractivity (Wildman–Crippen MR) is 114 cm³/mol. The standard InChI is InChI=1S/C17H18ClN7O2S2/c1-17(22-16(26)27)3-6-25(7-4-17)15-13-12(23-29-24-13)10(8-21-15)28-9-2-5-20-14(19)11(9)18/h2,5,8,22H,3-4,6-7H2,1H3,(H2,19,20)(H,26,27). The average molecular weight is 452 g/mol. The molecule has 1 aliphatic heterocycles. The second-order valence-corrected chi connectivity index (χ2v) is 8.99. The van der Waals surface area contributed by atoms with Crippen molar-refractivity contribution in [2.24, 2.45) is 0 Å². The van der Waals surface area contributed by atoms with Gasteiger partial charge >= 0.3 is 6.09 Å². The highest BCUT2D eigenvalue weighted by Crippen LogP contribution is 2.40. The van der Waals surface area contributed by atoms with Crippen LogP contribution in [0.5, 0.6) is 0 Å². The molecule has 1 saturated heterocycles. The summed E-state index contributed by atoms with van der Waals surface area (Å²) in [6.07, 6.45) is 3.74. The van der Waals surface area contributed by atoms with Gasteiger partial charge < -0.3 is 21.1 Å². The number of nitrogens with one attached hydrogen (secondary N) is 1. The topological polar surface area (TPSA) is 130 Å². The van der Waals surface area contributed by atoms with Crippen LogP contribution in [0.15, 0.2) is 28.3 Å². The second kappa shape index (κ2) is 7.81. The molecule has 0 bridgehead atoms. The van der Waals surface area contributed by atoms with Crippen LogP contribution in [0.3, 0.4) is 0 Å². The number of anilines is 2. The van der Waals surface area contributed by atoms with Gasteiger partial charge in [-0.05, 0) is 25.8 Å². The highest BCUT2D eigenvalue weighted by molar-refractivity contribution is 7.99. The molecule has 1 amide bonds. The van der Waals surface area contributed by atoms with Crippen LogP contribution in [0.1, 0.15) is 19.8 Å². The first kappa shape index (κ1) is 19.9. The van der Waals surface area contributed by atoms with Crippen molar-refractivity contribution < 1.29 is 9.90 Å². The van der Waals surface area contributed by atoms with Crippen LogP contribution in [0.4, 0.5) is 16.4 Å². The molecule has 1 fully saturated rings. The fraction of sp³-hybridized carbons (Fsp3) is 0.353. The van der Waals surface area contributed by atoms with E-state index < -0.39 is 11.6 Å². The fourth-order valence-corrected chi connectivity index (χ4v) is 5.03. The Morgan fingerprint density at radius 2 is 2.03 bits per heavy atom. The molecular formula is C17H18ClN7O2S2. The maximum atomic E-state index is 11.0. The zero-order valence-corrected chi connectivity index (χ0v) is 17.8. The van der Waals surface area contributed by atoms with Crippen LogP contribution in [0.25, 0.3) is 11.0 Å². The molecule has 0 aromatic carbocycles. The smallest absolute Gasteiger partial charge is 0.405 e. The summed E-state index contributed by atoms with van der Waals surface area (Å²) in [6.45, 7) is 3.28. The molecule has 1 aliphatic rings. The first-order valence-corrected chi connectivity index (χ1v) is 10.7. The Balaban J connectivity index is 1.59. The molecule has 29 heavy (non-hydrogen) atoms. The molecule has 3 aromatic heterocycles. The minimum absolute atomic E-state index is 0.278. The Kier molecular flexibility index (Phi) is 5.36. The van der Waals surface area contributed by atoms with Gasteiger partial charge in [-0.2, -0.15) is 8.75 Å². The lowest BCUT2D eigenvalue weighted by Gasteiger charge is -2.39. The number of aromatic nitrogens is 4. The van der Waals surface area contributed by atoms with Crippen LogP contribution in [-0.4, -0.2) is 48.5 Å². The lowest BCUT2D eigenvalue weighted by atomic mass is 9.90. The summed E-state index contributed by atoms with van der Waals surface area (Å²) in [5.74, 6) is 1.04. The molecule has 0 saturated carbocycles. The van der Waals surface area contributed by atoms with Gasteiger partial charge in [0.2, 0.25) is 0 Å². The third-order valence-electron chi connectivity index (χ3n) is 4.91. The molecule has 4 N–H and O–H groups in total. The van der Waals surface area contributed by atoms with Gasteiger partial charge in [0.1, 0.15) is 16.9 Å². The molecule has 4 rings (SSSR count). The van der Waals surface area contributed by atoms with E-state index in [1.165, 1.54) is 11.8 Å². The third-order valence-corrected chi connectivity index (χ3v) is 7.03. The Hall–Kier alpha value is -2.37. The van der Waals surface area contributed by atoms with Crippen LogP contribution in [-0.2, 0) is 0 Å². The van der Waals surface area contributed by atoms with E-state index in [-0.39, 0.29) is 5.82 Å². The molecule has 3 aromatic rings. The number of halogens is 1. The van der Waals surface area contributed by atoms with Crippen molar-refractivity contribution in [1.29, 1.82) is 0 Å². The summed E-state index contributed by atoms with van der Waals surface area (Å²) < 4.78 is 8.91. The number of nitrogens with zero attached hydrogens (tertiary/aromatic N) is 5. The molecule has 0 aliphatic carbocycles. The molecule has 0 atom stereocenters. The van der Waals surface area contributed by atoms with E-state index >= 15 is 0 Å². The number of hydrogen-bond donors (Lipinski definition) is 3. The fourth-order valence-electron chi connectivity index (χ4n) is 3.28. The van der Waals surface area contributed by atoms with Crippen molar-refractivity contribution >= 4 is 63.9 Å². The van der Waals surface area contributed by atoms with Gasteiger partial charge in [-0.25, -0.2) is 14.8 Å². The number of nitrogens with two attached hydrogens (primary N) is 1. The Morgan fingerprint density at radius 3 is 2.76 bits per heavy atom. The van der Waals surface area contributed by atoms with Crippen molar-refractivity contribution in [2.45, 2.75) is 35.1 Å². The summed E-state index contributed by atoms with van der Waals surface area (Å²) in [7, 11) is 0.